The minimum absolute atomic E-state index is 0.0595. The van der Waals surface area contributed by atoms with Crippen LogP contribution in [0.15, 0.2) is 30.6 Å². The first-order chi connectivity index (χ1) is 9.97. The van der Waals surface area contributed by atoms with Crippen LogP contribution in [0.2, 0.25) is 0 Å². The van der Waals surface area contributed by atoms with Gasteiger partial charge in [-0.1, -0.05) is 0 Å². The van der Waals surface area contributed by atoms with Gasteiger partial charge in [-0.15, -0.1) is 0 Å². The number of hydrogen-bond acceptors (Lipinski definition) is 6. The summed E-state index contributed by atoms with van der Waals surface area (Å²) in [5.41, 5.74) is 7.06. The van der Waals surface area contributed by atoms with Gasteiger partial charge in [-0.3, -0.25) is 24.9 Å². The number of nitro groups is 1. The summed E-state index contributed by atoms with van der Waals surface area (Å²) < 4.78 is 0. The van der Waals surface area contributed by atoms with Crippen LogP contribution >= 0.6 is 0 Å². The molecule has 1 heterocycles. The summed E-state index contributed by atoms with van der Waals surface area (Å²) in [5.74, 6) is -0.501. The minimum Gasteiger partial charge on any atom is -0.398 e. The summed E-state index contributed by atoms with van der Waals surface area (Å²) in [6, 6.07) is 3.72. The van der Waals surface area contributed by atoms with E-state index < -0.39 is 10.8 Å². The van der Waals surface area contributed by atoms with Crippen LogP contribution in [0.5, 0.6) is 0 Å². The normalized spacial score (nSPS) is 10.1. The van der Waals surface area contributed by atoms with Crippen molar-refractivity contribution in [1.29, 1.82) is 0 Å². The lowest BCUT2D eigenvalue weighted by Gasteiger charge is -2.07. The van der Waals surface area contributed by atoms with Gasteiger partial charge < -0.3 is 11.1 Å². The predicted octanol–water partition coefficient (Wildman–Crippen LogP) is 1.21. The van der Waals surface area contributed by atoms with E-state index in [-0.39, 0.29) is 23.5 Å². The van der Waals surface area contributed by atoms with Crippen LogP contribution < -0.4 is 11.1 Å². The molecule has 0 aliphatic carbocycles. The van der Waals surface area contributed by atoms with Gasteiger partial charge in [0.15, 0.2) is 0 Å². The third-order valence-corrected chi connectivity index (χ3v) is 2.76. The van der Waals surface area contributed by atoms with Crippen molar-refractivity contribution >= 4 is 17.3 Å². The van der Waals surface area contributed by atoms with E-state index in [4.69, 9.17) is 5.73 Å². The Labute approximate surface area is 120 Å². The fraction of sp³-hybridized carbons (Fsp3) is 0.154. The van der Waals surface area contributed by atoms with Crippen LogP contribution in [-0.2, 0) is 6.54 Å². The molecule has 0 aliphatic heterocycles. The number of aromatic nitrogens is 2. The lowest BCUT2D eigenvalue weighted by Crippen LogP contribution is -2.24. The number of nitrogens with one attached hydrogen (secondary N) is 1. The van der Waals surface area contributed by atoms with Gasteiger partial charge >= 0.3 is 0 Å². The maximum atomic E-state index is 12.0. The van der Waals surface area contributed by atoms with E-state index in [9.17, 15) is 14.9 Å². The first-order valence-electron chi connectivity index (χ1n) is 6.07. The number of carbonyl (C=O) groups excluding carboxylic acids is 1. The molecule has 2 rings (SSSR count). The van der Waals surface area contributed by atoms with Crippen molar-refractivity contribution in [2.45, 2.75) is 13.5 Å². The van der Waals surface area contributed by atoms with E-state index in [0.717, 1.165) is 11.8 Å². The van der Waals surface area contributed by atoms with Gasteiger partial charge in [-0.2, -0.15) is 0 Å². The van der Waals surface area contributed by atoms with Crippen molar-refractivity contribution in [3.8, 4) is 0 Å². The zero-order valence-corrected chi connectivity index (χ0v) is 11.2. The number of nitro benzene ring substituents is 1. The molecule has 0 fully saturated rings. The maximum absolute atomic E-state index is 12.0. The van der Waals surface area contributed by atoms with E-state index in [1.165, 1.54) is 12.1 Å². The van der Waals surface area contributed by atoms with Crippen molar-refractivity contribution in [3.05, 3.63) is 57.7 Å². The van der Waals surface area contributed by atoms with Gasteiger partial charge in [0.25, 0.3) is 11.6 Å². The van der Waals surface area contributed by atoms with E-state index in [1.54, 1.807) is 19.3 Å². The molecule has 0 atom stereocenters. The Kier molecular flexibility index (Phi) is 4.07. The van der Waals surface area contributed by atoms with Gasteiger partial charge in [0, 0.05) is 24.0 Å². The SMILES string of the molecule is Cc1cnc(CNC(=O)c2cc([N+](=O)[O-])ccc2N)cn1. The highest BCUT2D eigenvalue weighted by Crippen LogP contribution is 2.19. The van der Waals surface area contributed by atoms with E-state index in [1.807, 2.05) is 0 Å². The van der Waals surface area contributed by atoms with Crippen molar-refractivity contribution in [3.63, 3.8) is 0 Å². The number of nitrogen functional groups attached to an aromatic ring is 1. The fourth-order valence-corrected chi connectivity index (χ4v) is 1.63. The Morgan fingerprint density at radius 2 is 2.14 bits per heavy atom. The van der Waals surface area contributed by atoms with Crippen LogP contribution in [0, 0.1) is 17.0 Å². The third kappa shape index (κ3) is 3.50. The summed E-state index contributed by atoms with van der Waals surface area (Å²) in [7, 11) is 0. The molecule has 0 saturated carbocycles. The Balaban J connectivity index is 2.11. The molecule has 2 aromatic rings. The molecule has 8 heteroatoms. The lowest BCUT2D eigenvalue weighted by atomic mass is 10.1. The molecule has 0 unspecified atom stereocenters. The second-order valence-electron chi connectivity index (χ2n) is 4.36. The van der Waals surface area contributed by atoms with Crippen LogP contribution in [-0.4, -0.2) is 20.8 Å². The van der Waals surface area contributed by atoms with E-state index in [0.29, 0.717) is 5.69 Å². The van der Waals surface area contributed by atoms with E-state index in [2.05, 4.69) is 15.3 Å². The Hall–Kier alpha value is -3.03. The average molecular weight is 287 g/mol. The molecule has 0 bridgehead atoms. The number of aryl methyl sites for hydroxylation is 1. The average Bonchev–Trinajstić information content (AvgIpc) is 2.46. The summed E-state index contributed by atoms with van der Waals surface area (Å²) in [4.78, 5) is 30.3. The van der Waals surface area contributed by atoms with Crippen LogP contribution in [0.1, 0.15) is 21.7 Å². The third-order valence-electron chi connectivity index (χ3n) is 2.76. The first-order valence-corrected chi connectivity index (χ1v) is 6.07. The zero-order valence-electron chi connectivity index (χ0n) is 11.2. The summed E-state index contributed by atoms with van der Waals surface area (Å²) >= 11 is 0. The highest BCUT2D eigenvalue weighted by Gasteiger charge is 2.15. The number of hydrogen-bond donors (Lipinski definition) is 2. The van der Waals surface area contributed by atoms with Gasteiger partial charge in [-0.05, 0) is 13.0 Å². The number of carbonyl (C=O) groups is 1. The number of nitrogens with two attached hydrogens (primary N) is 1. The fourth-order valence-electron chi connectivity index (χ4n) is 1.63. The number of nitrogens with zero attached hydrogens (tertiary/aromatic N) is 3. The summed E-state index contributed by atoms with van der Waals surface area (Å²) in [5, 5.41) is 13.3. The largest absolute Gasteiger partial charge is 0.398 e. The quantitative estimate of drug-likeness (QED) is 0.494. The van der Waals surface area contributed by atoms with Gasteiger partial charge in [0.05, 0.1) is 34.6 Å². The monoisotopic (exact) mass is 287 g/mol. The van der Waals surface area contributed by atoms with Crippen molar-refractivity contribution in [2.75, 3.05) is 5.73 Å². The highest BCUT2D eigenvalue weighted by atomic mass is 16.6. The molecule has 0 aliphatic rings. The molecule has 108 valence electrons. The molecule has 1 aromatic heterocycles. The standard InChI is InChI=1S/C13H13N5O3/c1-8-5-16-9(6-15-8)7-17-13(19)11-4-10(18(20)21)2-3-12(11)14/h2-6H,7,14H2,1H3,(H,17,19). The van der Waals surface area contributed by atoms with Gasteiger partial charge in [0.2, 0.25) is 0 Å². The molecular formula is C13H13N5O3. The van der Waals surface area contributed by atoms with Crippen LogP contribution in [0.3, 0.4) is 0 Å². The molecule has 1 amide bonds. The topological polar surface area (TPSA) is 124 Å². The van der Waals surface area contributed by atoms with Crippen molar-refractivity contribution in [2.24, 2.45) is 0 Å². The smallest absolute Gasteiger partial charge is 0.270 e. The van der Waals surface area contributed by atoms with E-state index >= 15 is 0 Å². The first kappa shape index (κ1) is 14.4. The number of benzene rings is 1. The number of rotatable bonds is 4. The number of anilines is 1. The minimum atomic E-state index is -0.582. The van der Waals surface area contributed by atoms with Gasteiger partial charge in [-0.25, -0.2) is 0 Å². The molecule has 0 saturated heterocycles. The van der Waals surface area contributed by atoms with Crippen molar-refractivity contribution in [1.82, 2.24) is 15.3 Å². The Morgan fingerprint density at radius 3 is 2.76 bits per heavy atom. The Bertz CT molecular complexity index is 685. The van der Waals surface area contributed by atoms with Gasteiger partial charge in [0.1, 0.15) is 0 Å². The summed E-state index contributed by atoms with van der Waals surface area (Å²) in [6.07, 6.45) is 3.13. The maximum Gasteiger partial charge on any atom is 0.270 e. The zero-order chi connectivity index (χ0) is 15.4. The lowest BCUT2D eigenvalue weighted by molar-refractivity contribution is -0.384. The predicted molar refractivity (Wildman–Crippen MR) is 75.4 cm³/mol. The molecule has 21 heavy (non-hydrogen) atoms. The molecule has 0 radical (unpaired) electrons. The molecule has 0 spiro atoms. The number of non-ortho nitro benzene ring substituents is 1. The Morgan fingerprint density at radius 1 is 1.38 bits per heavy atom. The molecular weight excluding hydrogens is 274 g/mol. The number of amides is 1. The molecule has 3 N–H and O–H groups in total. The molecule has 1 aromatic carbocycles. The highest BCUT2D eigenvalue weighted by molar-refractivity contribution is 5.99. The summed E-state index contributed by atoms with van der Waals surface area (Å²) in [6.45, 7) is 1.97. The van der Waals surface area contributed by atoms with Crippen LogP contribution in [0.25, 0.3) is 0 Å². The van der Waals surface area contributed by atoms with Crippen LogP contribution in [0.4, 0.5) is 11.4 Å². The molecule has 8 nitrogen and oxygen atoms in total. The van der Waals surface area contributed by atoms with Crippen molar-refractivity contribution < 1.29 is 9.72 Å². The second kappa shape index (κ2) is 5.95. The second-order valence-corrected chi connectivity index (χ2v) is 4.36.